The Hall–Kier alpha value is -1.65. The molecule has 0 spiro atoms. The van der Waals surface area contributed by atoms with Gasteiger partial charge in [0.25, 0.3) is 0 Å². The maximum absolute atomic E-state index is 11.3. The Morgan fingerprint density at radius 3 is 1.75 bits per heavy atom. The van der Waals surface area contributed by atoms with Crippen molar-refractivity contribution in [3.8, 4) is 0 Å². The van der Waals surface area contributed by atoms with E-state index in [0.717, 1.165) is 21.8 Å². The summed E-state index contributed by atoms with van der Waals surface area (Å²) in [7, 11) is 0. The van der Waals surface area contributed by atoms with Gasteiger partial charge >= 0.3 is 0 Å². The largest absolute Gasteiger partial charge is 0.755 e. The molecule has 1 aromatic heterocycles. The predicted octanol–water partition coefficient (Wildman–Crippen LogP) is 2.44. The minimum Gasteiger partial charge on any atom is -0.755 e. The topological polar surface area (TPSA) is 45.1 Å². The molecule has 0 saturated heterocycles. The Morgan fingerprint density at radius 2 is 1.31 bits per heavy atom. The summed E-state index contributed by atoms with van der Waals surface area (Å²) in [5, 5.41) is 1.92. The van der Waals surface area contributed by atoms with E-state index in [1.807, 2.05) is 48.5 Å². The minimum absolute atomic E-state index is 0.719. The highest BCUT2D eigenvalue weighted by Gasteiger charge is 2.08. The van der Waals surface area contributed by atoms with Gasteiger partial charge in [0, 0.05) is 10.8 Å². The van der Waals surface area contributed by atoms with Crippen molar-refractivity contribution in [3.05, 3.63) is 48.5 Å². The first-order valence-corrected chi connectivity index (χ1v) is 5.90. The van der Waals surface area contributed by atoms with E-state index in [0.29, 0.717) is 0 Å². The molecule has 0 aliphatic heterocycles. The molecule has 0 bridgehead atoms. The van der Waals surface area contributed by atoms with Gasteiger partial charge < -0.3 is 4.55 Å². The number of rotatable bonds is 1. The molecule has 3 nitrogen and oxygen atoms in total. The van der Waals surface area contributed by atoms with E-state index in [2.05, 4.69) is 0 Å². The maximum atomic E-state index is 11.3. The molecular formula is C12H8NO2S-. The molecule has 2 aromatic carbocycles. The van der Waals surface area contributed by atoms with Crippen molar-refractivity contribution in [2.45, 2.75) is 0 Å². The van der Waals surface area contributed by atoms with Crippen LogP contribution < -0.4 is 0 Å². The Morgan fingerprint density at radius 1 is 0.875 bits per heavy atom. The van der Waals surface area contributed by atoms with Crippen molar-refractivity contribution in [2.24, 2.45) is 0 Å². The summed E-state index contributed by atoms with van der Waals surface area (Å²) in [5.41, 5.74) is 1.44. The molecule has 1 unspecified atom stereocenters. The zero-order chi connectivity index (χ0) is 11.1. The average Bonchev–Trinajstić information content (AvgIpc) is 2.63. The van der Waals surface area contributed by atoms with Crippen molar-refractivity contribution in [1.29, 1.82) is 0 Å². The quantitative estimate of drug-likeness (QED) is 0.603. The number of fused-ring (bicyclic) bond motifs is 3. The Kier molecular flexibility index (Phi) is 2.05. The van der Waals surface area contributed by atoms with Gasteiger partial charge in [-0.05, 0) is 12.1 Å². The monoisotopic (exact) mass is 230 g/mol. The highest BCUT2D eigenvalue weighted by atomic mass is 32.2. The van der Waals surface area contributed by atoms with Crippen LogP contribution in [0.25, 0.3) is 21.8 Å². The lowest BCUT2D eigenvalue weighted by Gasteiger charge is -2.09. The van der Waals surface area contributed by atoms with E-state index in [4.69, 9.17) is 0 Å². The summed E-state index contributed by atoms with van der Waals surface area (Å²) in [6, 6.07) is 15.0. The SMILES string of the molecule is O=S([O-])n1c2ccccc2c2ccccc21. The first-order valence-electron chi connectivity index (χ1n) is 4.87. The van der Waals surface area contributed by atoms with Crippen LogP contribution in [0.5, 0.6) is 0 Å². The Labute approximate surface area is 94.7 Å². The molecule has 0 aliphatic rings. The van der Waals surface area contributed by atoms with Crippen LogP contribution in [-0.2, 0) is 11.3 Å². The molecule has 0 amide bonds. The zero-order valence-corrected chi connectivity index (χ0v) is 9.11. The van der Waals surface area contributed by atoms with Gasteiger partial charge in [0.05, 0.1) is 22.3 Å². The third kappa shape index (κ3) is 1.20. The predicted molar refractivity (Wildman–Crippen MR) is 63.8 cm³/mol. The van der Waals surface area contributed by atoms with Gasteiger partial charge in [-0.3, -0.25) is 8.18 Å². The number of hydrogen-bond donors (Lipinski definition) is 0. The van der Waals surface area contributed by atoms with Crippen LogP contribution in [0.4, 0.5) is 0 Å². The van der Waals surface area contributed by atoms with Gasteiger partial charge in [-0.15, -0.1) is 0 Å². The van der Waals surface area contributed by atoms with Crippen LogP contribution in [0.15, 0.2) is 48.5 Å². The fraction of sp³-hybridized carbons (Fsp3) is 0. The summed E-state index contributed by atoms with van der Waals surface area (Å²) >= 11 is -2.28. The molecule has 16 heavy (non-hydrogen) atoms. The maximum Gasteiger partial charge on any atom is 0.0617 e. The summed E-state index contributed by atoms with van der Waals surface area (Å²) in [6.07, 6.45) is 0. The third-order valence-corrected chi connectivity index (χ3v) is 3.38. The van der Waals surface area contributed by atoms with Gasteiger partial charge in [0.1, 0.15) is 0 Å². The molecule has 0 saturated carbocycles. The van der Waals surface area contributed by atoms with E-state index in [1.54, 1.807) is 0 Å². The highest BCUT2D eigenvalue weighted by Crippen LogP contribution is 2.28. The van der Waals surface area contributed by atoms with Crippen LogP contribution in [0, 0.1) is 0 Å². The smallest absolute Gasteiger partial charge is 0.0617 e. The first-order chi connectivity index (χ1) is 7.79. The second kappa shape index (κ2) is 3.43. The normalized spacial score (nSPS) is 13.3. The number of nitrogens with zero attached hydrogens (tertiary/aromatic N) is 1. The minimum atomic E-state index is -2.28. The van der Waals surface area contributed by atoms with Crippen LogP contribution in [0.1, 0.15) is 0 Å². The van der Waals surface area contributed by atoms with Crippen molar-refractivity contribution >= 4 is 33.1 Å². The van der Waals surface area contributed by atoms with E-state index >= 15 is 0 Å². The third-order valence-electron chi connectivity index (χ3n) is 2.68. The number of hydrogen-bond acceptors (Lipinski definition) is 2. The van der Waals surface area contributed by atoms with Crippen LogP contribution >= 0.6 is 0 Å². The molecule has 0 radical (unpaired) electrons. The fourth-order valence-corrected chi connectivity index (χ4v) is 2.69. The highest BCUT2D eigenvalue weighted by molar-refractivity contribution is 7.77. The summed E-state index contributed by atoms with van der Waals surface area (Å²) in [4.78, 5) is 0. The van der Waals surface area contributed by atoms with Crippen molar-refractivity contribution in [2.75, 3.05) is 0 Å². The van der Waals surface area contributed by atoms with E-state index < -0.39 is 11.3 Å². The van der Waals surface area contributed by atoms with Crippen LogP contribution in [0.3, 0.4) is 0 Å². The summed E-state index contributed by atoms with van der Waals surface area (Å²) in [6.45, 7) is 0. The van der Waals surface area contributed by atoms with E-state index in [1.165, 1.54) is 3.97 Å². The van der Waals surface area contributed by atoms with Crippen molar-refractivity contribution < 1.29 is 8.76 Å². The van der Waals surface area contributed by atoms with Gasteiger partial charge in [-0.2, -0.15) is 0 Å². The Balaban J connectivity index is 2.64. The van der Waals surface area contributed by atoms with E-state index in [9.17, 15) is 8.76 Å². The zero-order valence-electron chi connectivity index (χ0n) is 8.29. The van der Waals surface area contributed by atoms with Gasteiger partial charge in [-0.25, -0.2) is 0 Å². The molecule has 80 valence electrons. The molecule has 3 rings (SSSR count). The molecule has 1 heterocycles. The second-order valence-corrected chi connectivity index (χ2v) is 4.35. The van der Waals surface area contributed by atoms with Gasteiger partial charge in [-0.1, -0.05) is 36.4 Å². The van der Waals surface area contributed by atoms with E-state index in [-0.39, 0.29) is 0 Å². The van der Waals surface area contributed by atoms with Gasteiger partial charge in [0.2, 0.25) is 0 Å². The summed E-state index contributed by atoms with van der Waals surface area (Å²) < 4.78 is 23.8. The number of para-hydroxylation sites is 2. The van der Waals surface area contributed by atoms with Crippen LogP contribution in [-0.4, -0.2) is 12.7 Å². The molecule has 3 aromatic rings. The lowest BCUT2D eigenvalue weighted by atomic mass is 10.2. The van der Waals surface area contributed by atoms with Crippen molar-refractivity contribution in [1.82, 2.24) is 3.97 Å². The molecule has 4 heteroatoms. The standard InChI is InChI=1S/C12H9NO2S/c14-16(15)13-11-7-3-1-5-9(11)10-6-2-4-8-12(10)13/h1-8H,(H,14,15)/p-1. The second-order valence-electron chi connectivity index (χ2n) is 3.55. The summed E-state index contributed by atoms with van der Waals surface area (Å²) in [5.74, 6) is 0. The molecule has 0 fully saturated rings. The van der Waals surface area contributed by atoms with Crippen LogP contribution in [0.2, 0.25) is 0 Å². The fourth-order valence-electron chi connectivity index (χ4n) is 2.05. The lowest BCUT2D eigenvalue weighted by molar-refractivity contribution is 0.531. The number of aromatic nitrogens is 1. The molecular weight excluding hydrogens is 222 g/mol. The lowest BCUT2D eigenvalue weighted by Crippen LogP contribution is -2.01. The molecule has 1 atom stereocenters. The Bertz CT molecular complexity index is 649. The number of benzene rings is 2. The molecule has 0 aliphatic carbocycles. The van der Waals surface area contributed by atoms with Gasteiger partial charge in [0.15, 0.2) is 0 Å². The first kappa shape index (κ1) is 9.57. The average molecular weight is 230 g/mol. The van der Waals surface area contributed by atoms with Crippen molar-refractivity contribution in [3.63, 3.8) is 0 Å². The molecule has 0 N–H and O–H groups in total.